The van der Waals surface area contributed by atoms with Crippen molar-refractivity contribution in [1.82, 2.24) is 15.3 Å². The number of amides is 1. The molecule has 0 spiro atoms. The molecule has 1 aromatic carbocycles. The molecule has 0 unspecified atom stereocenters. The van der Waals surface area contributed by atoms with Gasteiger partial charge < -0.3 is 10.6 Å². The Hall–Kier alpha value is -2.43. The Morgan fingerprint density at radius 3 is 2.54 bits per heavy atom. The van der Waals surface area contributed by atoms with Crippen LogP contribution in [0.2, 0.25) is 0 Å². The van der Waals surface area contributed by atoms with Crippen molar-refractivity contribution in [3.05, 3.63) is 52.8 Å². The van der Waals surface area contributed by atoms with Gasteiger partial charge in [-0.1, -0.05) is 42.7 Å². The van der Waals surface area contributed by atoms with Crippen LogP contribution in [0.15, 0.2) is 30.3 Å². The molecule has 1 saturated carbocycles. The van der Waals surface area contributed by atoms with E-state index in [4.69, 9.17) is 0 Å². The third kappa shape index (κ3) is 4.31. The zero-order valence-corrected chi connectivity index (χ0v) is 14.3. The molecular weight excluding hydrogens is 300 g/mol. The second-order valence-corrected chi connectivity index (χ2v) is 6.51. The van der Waals surface area contributed by atoms with Gasteiger partial charge in [0.05, 0.1) is 0 Å². The summed E-state index contributed by atoms with van der Waals surface area (Å²) in [7, 11) is 0. The molecule has 1 aliphatic rings. The van der Waals surface area contributed by atoms with E-state index in [1.54, 1.807) is 6.07 Å². The van der Waals surface area contributed by atoms with Crippen LogP contribution in [0.3, 0.4) is 0 Å². The van der Waals surface area contributed by atoms with E-state index in [1.165, 1.54) is 18.4 Å². The predicted molar refractivity (Wildman–Crippen MR) is 95.0 cm³/mol. The molecule has 5 nitrogen and oxygen atoms in total. The number of hydrogen-bond acceptors (Lipinski definition) is 4. The molecule has 1 heterocycles. The summed E-state index contributed by atoms with van der Waals surface area (Å²) in [6.45, 7) is 4.43. The van der Waals surface area contributed by atoms with Gasteiger partial charge in [-0.25, -0.2) is 9.97 Å². The molecule has 0 bridgehead atoms. The average Bonchev–Trinajstić information content (AvgIpc) is 3.06. The number of hydrogen-bond donors (Lipinski definition) is 2. The van der Waals surface area contributed by atoms with Gasteiger partial charge in [-0.2, -0.15) is 0 Å². The quantitative estimate of drug-likeness (QED) is 0.885. The maximum atomic E-state index is 12.4. The molecule has 126 valence electrons. The summed E-state index contributed by atoms with van der Waals surface area (Å²) >= 11 is 0. The number of carbonyl (C=O) groups is 1. The maximum absolute atomic E-state index is 12.4. The maximum Gasteiger partial charge on any atom is 0.270 e. The van der Waals surface area contributed by atoms with E-state index in [0.717, 1.165) is 24.1 Å². The Bertz CT molecular complexity index is 706. The van der Waals surface area contributed by atoms with E-state index in [-0.39, 0.29) is 5.91 Å². The number of carbonyl (C=O) groups excluding carboxylic acids is 1. The second-order valence-electron chi connectivity index (χ2n) is 6.51. The molecule has 24 heavy (non-hydrogen) atoms. The standard InChI is InChI=1S/C19H24N4O/c1-13-7-9-15(10-8-13)12-20-18(24)17-11-14(2)21-19(23-17)22-16-5-3-4-6-16/h7-11,16H,3-6,12H2,1-2H3,(H,20,24)(H,21,22,23). The van der Waals surface area contributed by atoms with E-state index in [0.29, 0.717) is 24.2 Å². The third-order valence-corrected chi connectivity index (χ3v) is 4.35. The summed E-state index contributed by atoms with van der Waals surface area (Å²) in [5, 5.41) is 6.28. The Kier molecular flexibility index (Phi) is 5.08. The van der Waals surface area contributed by atoms with Crippen molar-refractivity contribution in [3.63, 3.8) is 0 Å². The summed E-state index contributed by atoms with van der Waals surface area (Å²) in [6.07, 6.45) is 4.78. The fourth-order valence-corrected chi connectivity index (χ4v) is 2.98. The first-order chi connectivity index (χ1) is 11.6. The Balaban J connectivity index is 1.65. The molecule has 2 aromatic rings. The van der Waals surface area contributed by atoms with E-state index in [9.17, 15) is 4.79 Å². The van der Waals surface area contributed by atoms with Gasteiger partial charge in [0.15, 0.2) is 0 Å². The van der Waals surface area contributed by atoms with Gasteiger partial charge in [0, 0.05) is 18.3 Å². The number of nitrogens with one attached hydrogen (secondary N) is 2. The molecule has 2 N–H and O–H groups in total. The first-order valence-corrected chi connectivity index (χ1v) is 8.56. The van der Waals surface area contributed by atoms with E-state index in [1.807, 2.05) is 38.1 Å². The molecule has 0 saturated heterocycles. The fraction of sp³-hybridized carbons (Fsp3) is 0.421. The monoisotopic (exact) mass is 324 g/mol. The SMILES string of the molecule is Cc1ccc(CNC(=O)c2cc(C)nc(NC3CCCC3)n2)cc1. The summed E-state index contributed by atoms with van der Waals surface area (Å²) in [5.41, 5.74) is 3.49. The van der Waals surface area contributed by atoms with Gasteiger partial charge in [0.2, 0.25) is 5.95 Å². The minimum Gasteiger partial charge on any atom is -0.351 e. The van der Waals surface area contributed by atoms with Crippen LogP contribution in [0, 0.1) is 13.8 Å². The Labute approximate surface area is 142 Å². The average molecular weight is 324 g/mol. The van der Waals surface area contributed by atoms with Crippen molar-refractivity contribution < 1.29 is 4.79 Å². The van der Waals surface area contributed by atoms with Crippen LogP contribution in [0.4, 0.5) is 5.95 Å². The summed E-state index contributed by atoms with van der Waals surface area (Å²) in [4.78, 5) is 21.2. The van der Waals surface area contributed by atoms with Crippen molar-refractivity contribution in [2.75, 3.05) is 5.32 Å². The zero-order valence-electron chi connectivity index (χ0n) is 14.3. The van der Waals surface area contributed by atoms with Gasteiger partial charge in [-0.3, -0.25) is 4.79 Å². The van der Waals surface area contributed by atoms with Crippen molar-refractivity contribution >= 4 is 11.9 Å². The van der Waals surface area contributed by atoms with Crippen LogP contribution >= 0.6 is 0 Å². The van der Waals surface area contributed by atoms with Crippen molar-refractivity contribution in [2.24, 2.45) is 0 Å². The van der Waals surface area contributed by atoms with Crippen LogP contribution in [0.5, 0.6) is 0 Å². The highest BCUT2D eigenvalue weighted by Crippen LogP contribution is 2.21. The minimum absolute atomic E-state index is 0.171. The first kappa shape index (κ1) is 16.4. The lowest BCUT2D eigenvalue weighted by molar-refractivity contribution is 0.0945. The van der Waals surface area contributed by atoms with Crippen LogP contribution in [0.25, 0.3) is 0 Å². The van der Waals surface area contributed by atoms with Gasteiger partial charge in [0.25, 0.3) is 5.91 Å². The first-order valence-electron chi connectivity index (χ1n) is 8.56. The summed E-state index contributed by atoms with van der Waals surface area (Å²) < 4.78 is 0. The van der Waals surface area contributed by atoms with Crippen molar-refractivity contribution in [1.29, 1.82) is 0 Å². The molecule has 0 atom stereocenters. The second kappa shape index (κ2) is 7.43. The van der Waals surface area contributed by atoms with Gasteiger partial charge in [0.1, 0.15) is 5.69 Å². The lowest BCUT2D eigenvalue weighted by Crippen LogP contribution is -2.25. The van der Waals surface area contributed by atoms with Gasteiger partial charge in [-0.05, 0) is 38.3 Å². The largest absolute Gasteiger partial charge is 0.351 e. The van der Waals surface area contributed by atoms with Crippen molar-refractivity contribution in [3.8, 4) is 0 Å². The number of nitrogens with zero attached hydrogens (tertiary/aromatic N) is 2. The summed E-state index contributed by atoms with van der Waals surface area (Å²) in [6, 6.07) is 10.3. The smallest absolute Gasteiger partial charge is 0.270 e. The Morgan fingerprint density at radius 1 is 1.12 bits per heavy atom. The molecule has 0 radical (unpaired) electrons. The zero-order chi connectivity index (χ0) is 16.9. The molecule has 5 heteroatoms. The molecule has 3 rings (SSSR count). The van der Waals surface area contributed by atoms with Crippen molar-refractivity contribution in [2.45, 2.75) is 52.1 Å². The fourth-order valence-electron chi connectivity index (χ4n) is 2.98. The molecule has 1 aliphatic carbocycles. The number of anilines is 1. The van der Waals surface area contributed by atoms with Crippen LogP contribution in [-0.4, -0.2) is 21.9 Å². The normalized spacial score (nSPS) is 14.6. The number of aromatic nitrogens is 2. The third-order valence-electron chi connectivity index (χ3n) is 4.35. The van der Waals surface area contributed by atoms with Gasteiger partial charge in [-0.15, -0.1) is 0 Å². The number of rotatable bonds is 5. The molecule has 0 aliphatic heterocycles. The highest BCUT2D eigenvalue weighted by molar-refractivity contribution is 5.92. The van der Waals surface area contributed by atoms with E-state index >= 15 is 0 Å². The lowest BCUT2D eigenvalue weighted by Gasteiger charge is -2.13. The Morgan fingerprint density at radius 2 is 1.83 bits per heavy atom. The van der Waals surface area contributed by atoms with Gasteiger partial charge >= 0.3 is 0 Å². The molecule has 1 aromatic heterocycles. The molecule has 1 amide bonds. The van der Waals surface area contributed by atoms with Crippen LogP contribution in [0.1, 0.15) is 53.0 Å². The lowest BCUT2D eigenvalue weighted by atomic mass is 10.1. The molecular formula is C19H24N4O. The van der Waals surface area contributed by atoms with E-state index < -0.39 is 0 Å². The molecule has 1 fully saturated rings. The minimum atomic E-state index is -0.171. The highest BCUT2D eigenvalue weighted by atomic mass is 16.1. The topological polar surface area (TPSA) is 66.9 Å². The van der Waals surface area contributed by atoms with E-state index in [2.05, 4.69) is 20.6 Å². The predicted octanol–water partition coefficient (Wildman–Crippen LogP) is 3.38. The van der Waals surface area contributed by atoms with Crippen LogP contribution in [-0.2, 0) is 6.54 Å². The highest BCUT2D eigenvalue weighted by Gasteiger charge is 2.17. The number of benzene rings is 1. The number of aryl methyl sites for hydroxylation is 2. The summed E-state index contributed by atoms with van der Waals surface area (Å²) in [5.74, 6) is 0.387. The van der Waals surface area contributed by atoms with Crippen LogP contribution < -0.4 is 10.6 Å².